The second kappa shape index (κ2) is 5.96. The molecular formula is C15H13F3O2. The molecule has 0 bridgehead atoms. The van der Waals surface area contributed by atoms with E-state index in [0.717, 1.165) is 12.1 Å². The molecule has 0 amide bonds. The summed E-state index contributed by atoms with van der Waals surface area (Å²) < 4.78 is 44.8. The Morgan fingerprint density at radius 1 is 1.00 bits per heavy atom. The predicted molar refractivity (Wildman–Crippen MR) is 68.0 cm³/mol. The van der Waals surface area contributed by atoms with Gasteiger partial charge in [0.2, 0.25) is 0 Å². The van der Waals surface area contributed by atoms with Gasteiger partial charge < -0.3 is 9.84 Å². The smallest absolute Gasteiger partial charge is 0.194 e. The molecule has 2 aromatic rings. The summed E-state index contributed by atoms with van der Waals surface area (Å²) in [7, 11) is 0. The van der Waals surface area contributed by atoms with Crippen molar-refractivity contribution in [1.29, 1.82) is 0 Å². The van der Waals surface area contributed by atoms with Crippen LogP contribution in [0.1, 0.15) is 24.2 Å². The van der Waals surface area contributed by atoms with Crippen molar-refractivity contribution in [3.63, 3.8) is 0 Å². The summed E-state index contributed by atoms with van der Waals surface area (Å²) in [6.07, 6.45) is -1.37. The highest BCUT2D eigenvalue weighted by atomic mass is 19.2. The minimum absolute atomic E-state index is 0.312. The van der Waals surface area contributed by atoms with Gasteiger partial charge in [-0.05, 0) is 30.7 Å². The number of aliphatic hydroxyl groups excluding tert-OH is 1. The molecule has 1 unspecified atom stereocenters. The molecule has 20 heavy (non-hydrogen) atoms. The second-order valence-electron chi connectivity index (χ2n) is 4.17. The maximum absolute atomic E-state index is 13.6. The standard InChI is InChI=1S/C15H13F3O2/c1-2-20-10-5-3-9(4-6-10)15(19)11-7-8-12(16)14(18)13(11)17/h3-8,15,19H,2H2,1H3. The van der Waals surface area contributed by atoms with Gasteiger partial charge in [0.1, 0.15) is 11.9 Å². The number of halogens is 3. The maximum Gasteiger partial charge on any atom is 0.194 e. The molecule has 0 aliphatic heterocycles. The lowest BCUT2D eigenvalue weighted by molar-refractivity contribution is 0.212. The van der Waals surface area contributed by atoms with Crippen molar-refractivity contribution in [2.24, 2.45) is 0 Å². The van der Waals surface area contributed by atoms with Gasteiger partial charge in [0, 0.05) is 5.56 Å². The quantitative estimate of drug-likeness (QED) is 0.868. The first-order valence-electron chi connectivity index (χ1n) is 6.08. The van der Waals surface area contributed by atoms with E-state index in [1.165, 1.54) is 12.1 Å². The van der Waals surface area contributed by atoms with Crippen LogP contribution in [0.5, 0.6) is 5.75 Å². The summed E-state index contributed by atoms with van der Waals surface area (Å²) in [6, 6.07) is 8.10. The van der Waals surface area contributed by atoms with Crippen molar-refractivity contribution >= 4 is 0 Å². The molecule has 0 saturated heterocycles. The molecule has 0 aliphatic carbocycles. The van der Waals surface area contributed by atoms with Crippen LogP contribution in [0.25, 0.3) is 0 Å². The second-order valence-corrected chi connectivity index (χ2v) is 4.17. The summed E-state index contributed by atoms with van der Waals surface area (Å²) in [4.78, 5) is 0. The van der Waals surface area contributed by atoms with Gasteiger partial charge in [-0.15, -0.1) is 0 Å². The Hall–Kier alpha value is -2.01. The molecule has 2 aromatic carbocycles. The normalized spacial score (nSPS) is 12.2. The number of aliphatic hydroxyl groups is 1. The summed E-state index contributed by atoms with van der Waals surface area (Å²) in [6.45, 7) is 2.33. The lowest BCUT2D eigenvalue weighted by Crippen LogP contribution is -2.05. The van der Waals surface area contributed by atoms with Crippen LogP contribution in [-0.2, 0) is 0 Å². The highest BCUT2D eigenvalue weighted by molar-refractivity contribution is 5.35. The van der Waals surface area contributed by atoms with Crippen molar-refractivity contribution in [3.8, 4) is 5.75 Å². The molecule has 0 saturated carbocycles. The van der Waals surface area contributed by atoms with Gasteiger partial charge in [0.15, 0.2) is 17.5 Å². The van der Waals surface area contributed by atoms with Crippen LogP contribution in [0, 0.1) is 17.5 Å². The van der Waals surface area contributed by atoms with E-state index in [0.29, 0.717) is 17.9 Å². The summed E-state index contributed by atoms with van der Waals surface area (Å²) in [5.74, 6) is -3.65. The molecule has 0 radical (unpaired) electrons. The zero-order chi connectivity index (χ0) is 14.7. The van der Waals surface area contributed by atoms with Gasteiger partial charge in [-0.2, -0.15) is 0 Å². The number of hydrogen-bond donors (Lipinski definition) is 1. The Labute approximate surface area is 114 Å². The largest absolute Gasteiger partial charge is 0.494 e. The van der Waals surface area contributed by atoms with Crippen molar-refractivity contribution < 1.29 is 23.0 Å². The van der Waals surface area contributed by atoms with E-state index in [-0.39, 0.29) is 5.56 Å². The predicted octanol–water partition coefficient (Wildman–Crippen LogP) is 3.58. The number of ether oxygens (including phenoxy) is 1. The third kappa shape index (κ3) is 2.77. The van der Waals surface area contributed by atoms with Crippen LogP contribution in [0.15, 0.2) is 36.4 Å². The van der Waals surface area contributed by atoms with Crippen LogP contribution in [0.2, 0.25) is 0 Å². The van der Waals surface area contributed by atoms with Crippen LogP contribution in [-0.4, -0.2) is 11.7 Å². The van der Waals surface area contributed by atoms with Crippen LogP contribution < -0.4 is 4.74 Å². The fourth-order valence-corrected chi connectivity index (χ4v) is 1.84. The first kappa shape index (κ1) is 14.4. The molecule has 0 heterocycles. The van der Waals surface area contributed by atoms with E-state index in [1.54, 1.807) is 12.1 Å². The van der Waals surface area contributed by atoms with E-state index in [2.05, 4.69) is 0 Å². The summed E-state index contributed by atoms with van der Waals surface area (Å²) >= 11 is 0. The molecule has 106 valence electrons. The average molecular weight is 282 g/mol. The van der Waals surface area contributed by atoms with E-state index >= 15 is 0 Å². The van der Waals surface area contributed by atoms with Crippen molar-refractivity contribution in [2.45, 2.75) is 13.0 Å². The van der Waals surface area contributed by atoms with Crippen LogP contribution >= 0.6 is 0 Å². The molecular weight excluding hydrogens is 269 g/mol. The Morgan fingerprint density at radius 3 is 2.25 bits per heavy atom. The Kier molecular flexibility index (Phi) is 4.29. The Bertz CT molecular complexity index is 597. The number of hydrogen-bond acceptors (Lipinski definition) is 2. The van der Waals surface area contributed by atoms with Crippen molar-refractivity contribution in [3.05, 3.63) is 65.0 Å². The first-order valence-corrected chi connectivity index (χ1v) is 6.08. The molecule has 1 atom stereocenters. The van der Waals surface area contributed by atoms with Crippen molar-refractivity contribution in [1.82, 2.24) is 0 Å². The highest BCUT2D eigenvalue weighted by Gasteiger charge is 2.20. The van der Waals surface area contributed by atoms with Crippen molar-refractivity contribution in [2.75, 3.05) is 6.61 Å². The molecule has 0 spiro atoms. The number of rotatable bonds is 4. The zero-order valence-electron chi connectivity index (χ0n) is 10.7. The molecule has 1 N–H and O–H groups in total. The Morgan fingerprint density at radius 2 is 1.65 bits per heavy atom. The molecule has 2 rings (SSSR count). The van der Waals surface area contributed by atoms with Gasteiger partial charge in [-0.3, -0.25) is 0 Å². The Balaban J connectivity index is 2.31. The monoisotopic (exact) mass is 282 g/mol. The minimum atomic E-state index is -1.59. The molecule has 0 fully saturated rings. The van der Waals surface area contributed by atoms with Gasteiger partial charge in [0.05, 0.1) is 6.61 Å². The summed E-state index contributed by atoms with van der Waals surface area (Å²) in [5.41, 5.74) is 0.0476. The van der Waals surface area contributed by atoms with Crippen LogP contribution in [0.3, 0.4) is 0 Å². The van der Waals surface area contributed by atoms with E-state index in [1.807, 2.05) is 6.92 Å². The molecule has 5 heteroatoms. The van der Waals surface area contributed by atoms with Gasteiger partial charge in [0.25, 0.3) is 0 Å². The fourth-order valence-electron chi connectivity index (χ4n) is 1.84. The molecule has 2 nitrogen and oxygen atoms in total. The average Bonchev–Trinajstić information content (AvgIpc) is 2.45. The highest BCUT2D eigenvalue weighted by Crippen LogP contribution is 2.27. The van der Waals surface area contributed by atoms with Gasteiger partial charge in [-0.1, -0.05) is 18.2 Å². The first-order chi connectivity index (χ1) is 9.54. The van der Waals surface area contributed by atoms with Crippen LogP contribution in [0.4, 0.5) is 13.2 Å². The maximum atomic E-state index is 13.6. The minimum Gasteiger partial charge on any atom is -0.494 e. The summed E-state index contributed by atoms with van der Waals surface area (Å²) in [5, 5.41) is 10.0. The van der Waals surface area contributed by atoms with E-state index < -0.39 is 23.6 Å². The lowest BCUT2D eigenvalue weighted by Gasteiger charge is -2.13. The van der Waals surface area contributed by atoms with E-state index in [4.69, 9.17) is 4.74 Å². The molecule has 0 aromatic heterocycles. The third-order valence-corrected chi connectivity index (χ3v) is 2.87. The van der Waals surface area contributed by atoms with E-state index in [9.17, 15) is 18.3 Å². The molecule has 0 aliphatic rings. The SMILES string of the molecule is CCOc1ccc(C(O)c2ccc(F)c(F)c2F)cc1. The zero-order valence-corrected chi connectivity index (χ0v) is 10.7. The third-order valence-electron chi connectivity index (χ3n) is 2.87. The lowest BCUT2D eigenvalue weighted by atomic mass is 10.0. The van der Waals surface area contributed by atoms with Gasteiger partial charge >= 0.3 is 0 Å². The fraction of sp³-hybridized carbons (Fsp3) is 0.200. The van der Waals surface area contributed by atoms with Gasteiger partial charge in [-0.25, -0.2) is 13.2 Å². The number of benzene rings is 2. The topological polar surface area (TPSA) is 29.5 Å².